The molecule has 0 heterocycles. The summed E-state index contributed by atoms with van der Waals surface area (Å²) in [6.07, 6.45) is 1.08. The number of hydrogen-bond acceptors (Lipinski definition) is 2. The molecule has 1 atom stereocenters. The second-order valence-electron chi connectivity index (χ2n) is 5.44. The SMILES string of the molecule is CC(C)(C)c1cc(C(O)CCCN)ccc1Cl. The third kappa shape index (κ3) is 3.98. The molecule has 0 saturated heterocycles. The van der Waals surface area contributed by atoms with E-state index < -0.39 is 6.10 Å². The predicted octanol–water partition coefficient (Wildman–Crippen LogP) is 3.41. The first kappa shape index (κ1) is 14.5. The van der Waals surface area contributed by atoms with Crippen LogP contribution in [0.1, 0.15) is 50.8 Å². The summed E-state index contributed by atoms with van der Waals surface area (Å²) in [6, 6.07) is 5.76. The third-order valence-electron chi connectivity index (χ3n) is 2.86. The van der Waals surface area contributed by atoms with Gasteiger partial charge in [0.05, 0.1) is 6.10 Å². The summed E-state index contributed by atoms with van der Waals surface area (Å²) < 4.78 is 0. The zero-order valence-electron chi connectivity index (χ0n) is 10.8. The van der Waals surface area contributed by atoms with Crippen molar-refractivity contribution in [1.29, 1.82) is 0 Å². The van der Waals surface area contributed by atoms with Crippen molar-refractivity contribution in [3.8, 4) is 0 Å². The van der Waals surface area contributed by atoms with Gasteiger partial charge in [-0.15, -0.1) is 0 Å². The maximum atomic E-state index is 10.0. The van der Waals surface area contributed by atoms with Crippen LogP contribution in [-0.4, -0.2) is 11.7 Å². The Morgan fingerprint density at radius 3 is 2.53 bits per heavy atom. The molecule has 0 spiro atoms. The Balaban J connectivity index is 2.96. The van der Waals surface area contributed by atoms with Crippen LogP contribution in [0.2, 0.25) is 5.02 Å². The van der Waals surface area contributed by atoms with Crippen molar-refractivity contribution in [2.75, 3.05) is 6.54 Å². The normalized spacial score (nSPS) is 13.8. The minimum absolute atomic E-state index is 0.0132. The van der Waals surface area contributed by atoms with Crippen LogP contribution in [0.3, 0.4) is 0 Å². The molecule has 1 rings (SSSR count). The van der Waals surface area contributed by atoms with Crippen LogP contribution in [-0.2, 0) is 5.41 Å². The lowest BCUT2D eigenvalue weighted by molar-refractivity contribution is 0.165. The van der Waals surface area contributed by atoms with E-state index in [1.54, 1.807) is 0 Å². The predicted molar refractivity (Wildman–Crippen MR) is 73.4 cm³/mol. The van der Waals surface area contributed by atoms with E-state index in [-0.39, 0.29) is 5.41 Å². The van der Waals surface area contributed by atoms with Gasteiger partial charge in [-0.2, -0.15) is 0 Å². The highest BCUT2D eigenvalue weighted by Crippen LogP contribution is 2.32. The largest absolute Gasteiger partial charge is 0.388 e. The second kappa shape index (κ2) is 5.85. The Morgan fingerprint density at radius 1 is 1.35 bits per heavy atom. The maximum absolute atomic E-state index is 10.0. The first-order chi connectivity index (χ1) is 7.86. The molecule has 0 amide bonds. The molecule has 2 nitrogen and oxygen atoms in total. The van der Waals surface area contributed by atoms with Gasteiger partial charge in [-0.3, -0.25) is 0 Å². The number of benzene rings is 1. The van der Waals surface area contributed by atoms with Crippen molar-refractivity contribution in [2.45, 2.75) is 45.1 Å². The molecule has 0 aliphatic rings. The summed E-state index contributed by atoms with van der Waals surface area (Å²) in [4.78, 5) is 0. The topological polar surface area (TPSA) is 46.2 Å². The van der Waals surface area contributed by atoms with Crippen molar-refractivity contribution >= 4 is 11.6 Å². The van der Waals surface area contributed by atoms with E-state index in [2.05, 4.69) is 20.8 Å². The Morgan fingerprint density at radius 2 is 2.00 bits per heavy atom. The van der Waals surface area contributed by atoms with Crippen molar-refractivity contribution in [2.24, 2.45) is 5.73 Å². The van der Waals surface area contributed by atoms with Crippen LogP contribution in [0.15, 0.2) is 18.2 Å². The number of nitrogens with two attached hydrogens (primary N) is 1. The van der Waals surface area contributed by atoms with Gasteiger partial charge in [0.15, 0.2) is 0 Å². The van der Waals surface area contributed by atoms with Gasteiger partial charge in [0.2, 0.25) is 0 Å². The molecule has 0 aliphatic heterocycles. The van der Waals surface area contributed by atoms with Crippen LogP contribution in [0, 0.1) is 0 Å². The molecule has 0 bridgehead atoms. The molecule has 3 heteroatoms. The Hall–Kier alpha value is -0.570. The molecule has 17 heavy (non-hydrogen) atoms. The van der Waals surface area contributed by atoms with Crippen molar-refractivity contribution in [1.82, 2.24) is 0 Å². The summed E-state index contributed by atoms with van der Waals surface area (Å²) in [6.45, 7) is 6.95. The first-order valence-corrected chi connectivity index (χ1v) is 6.42. The Kier molecular flexibility index (Phi) is 4.99. The number of rotatable bonds is 4. The summed E-state index contributed by atoms with van der Waals surface area (Å²) in [7, 11) is 0. The number of halogens is 1. The standard InChI is InChI=1S/C14H22ClNO/c1-14(2,3)11-9-10(6-7-12(11)15)13(17)5-4-8-16/h6-7,9,13,17H,4-5,8,16H2,1-3H3. The summed E-state index contributed by atoms with van der Waals surface area (Å²) in [5, 5.41) is 10.8. The fourth-order valence-electron chi connectivity index (χ4n) is 1.80. The monoisotopic (exact) mass is 255 g/mol. The van der Waals surface area contributed by atoms with Crippen molar-refractivity contribution in [3.05, 3.63) is 34.3 Å². The van der Waals surface area contributed by atoms with E-state index in [1.165, 1.54) is 0 Å². The van der Waals surface area contributed by atoms with E-state index in [4.69, 9.17) is 17.3 Å². The lowest BCUT2D eigenvalue weighted by atomic mass is 9.85. The fraction of sp³-hybridized carbons (Fsp3) is 0.571. The third-order valence-corrected chi connectivity index (χ3v) is 3.19. The summed E-state index contributed by atoms with van der Waals surface area (Å²) in [5.41, 5.74) is 7.43. The molecule has 0 aliphatic carbocycles. The second-order valence-corrected chi connectivity index (χ2v) is 5.84. The smallest absolute Gasteiger partial charge is 0.0790 e. The molecule has 1 unspecified atom stereocenters. The van der Waals surface area contributed by atoms with Gasteiger partial charge in [-0.05, 0) is 42.0 Å². The zero-order chi connectivity index (χ0) is 13.1. The molecule has 0 saturated carbocycles. The Labute approximate surface area is 109 Å². The van der Waals surface area contributed by atoms with Crippen LogP contribution >= 0.6 is 11.6 Å². The van der Waals surface area contributed by atoms with Gasteiger partial charge in [0.25, 0.3) is 0 Å². The van der Waals surface area contributed by atoms with Gasteiger partial charge < -0.3 is 10.8 Å². The van der Waals surface area contributed by atoms with Gasteiger partial charge in [-0.25, -0.2) is 0 Å². The highest BCUT2D eigenvalue weighted by molar-refractivity contribution is 6.31. The molecular weight excluding hydrogens is 234 g/mol. The Bertz CT molecular complexity index is 371. The molecule has 0 fully saturated rings. The van der Waals surface area contributed by atoms with Crippen LogP contribution in [0.5, 0.6) is 0 Å². The molecule has 1 aromatic carbocycles. The van der Waals surface area contributed by atoms with Gasteiger partial charge >= 0.3 is 0 Å². The molecule has 0 aromatic heterocycles. The van der Waals surface area contributed by atoms with E-state index in [0.29, 0.717) is 13.0 Å². The van der Waals surface area contributed by atoms with Crippen LogP contribution < -0.4 is 5.73 Å². The molecule has 3 N–H and O–H groups in total. The molecule has 0 radical (unpaired) electrons. The summed E-state index contributed by atoms with van der Waals surface area (Å²) in [5.74, 6) is 0. The number of aliphatic hydroxyl groups is 1. The first-order valence-electron chi connectivity index (χ1n) is 6.04. The highest BCUT2D eigenvalue weighted by Gasteiger charge is 2.19. The van der Waals surface area contributed by atoms with E-state index in [0.717, 1.165) is 22.6 Å². The van der Waals surface area contributed by atoms with Gasteiger partial charge in [0.1, 0.15) is 0 Å². The van der Waals surface area contributed by atoms with Gasteiger partial charge in [0, 0.05) is 5.02 Å². The highest BCUT2D eigenvalue weighted by atomic mass is 35.5. The fourth-order valence-corrected chi connectivity index (χ4v) is 2.20. The molecular formula is C14H22ClNO. The number of hydrogen-bond donors (Lipinski definition) is 2. The minimum atomic E-state index is -0.447. The van der Waals surface area contributed by atoms with Crippen molar-refractivity contribution < 1.29 is 5.11 Å². The van der Waals surface area contributed by atoms with E-state index in [1.807, 2.05) is 18.2 Å². The van der Waals surface area contributed by atoms with Gasteiger partial charge in [-0.1, -0.05) is 44.5 Å². The molecule has 96 valence electrons. The average Bonchev–Trinajstić information content (AvgIpc) is 2.25. The zero-order valence-corrected chi connectivity index (χ0v) is 11.6. The lowest BCUT2D eigenvalue weighted by Gasteiger charge is -2.22. The molecule has 1 aromatic rings. The van der Waals surface area contributed by atoms with Crippen LogP contribution in [0.25, 0.3) is 0 Å². The lowest BCUT2D eigenvalue weighted by Crippen LogP contribution is -2.13. The van der Waals surface area contributed by atoms with E-state index in [9.17, 15) is 5.11 Å². The van der Waals surface area contributed by atoms with Crippen molar-refractivity contribution in [3.63, 3.8) is 0 Å². The van der Waals surface area contributed by atoms with E-state index >= 15 is 0 Å². The van der Waals surface area contributed by atoms with Crippen LogP contribution in [0.4, 0.5) is 0 Å². The summed E-state index contributed by atoms with van der Waals surface area (Å²) >= 11 is 6.19. The number of aliphatic hydroxyl groups excluding tert-OH is 1. The minimum Gasteiger partial charge on any atom is -0.388 e. The average molecular weight is 256 g/mol. The quantitative estimate of drug-likeness (QED) is 0.866. The maximum Gasteiger partial charge on any atom is 0.0790 e.